The molecule has 2 aromatic heterocycles. The van der Waals surface area contributed by atoms with Crippen LogP contribution < -0.4 is 10.2 Å². The van der Waals surface area contributed by atoms with E-state index in [0.717, 1.165) is 36.3 Å². The molecule has 3 heterocycles. The molecule has 1 atom stereocenters. The third kappa shape index (κ3) is 3.89. The fraction of sp³-hybridized carbons (Fsp3) is 0.389. The third-order valence-electron chi connectivity index (χ3n) is 4.27. The average Bonchev–Trinajstić information content (AvgIpc) is 2.64. The first-order chi connectivity index (χ1) is 11.7. The molecular formula is C18H22N4O2. The summed E-state index contributed by atoms with van der Waals surface area (Å²) in [4.78, 5) is 23.2. The number of hydrogen-bond donors (Lipinski definition) is 2. The van der Waals surface area contributed by atoms with Crippen LogP contribution in [0.3, 0.4) is 0 Å². The van der Waals surface area contributed by atoms with Crippen molar-refractivity contribution in [3.8, 4) is 0 Å². The minimum atomic E-state index is -0.0959. The summed E-state index contributed by atoms with van der Waals surface area (Å²) < 4.78 is 0. The van der Waals surface area contributed by atoms with Crippen LogP contribution in [0.15, 0.2) is 36.7 Å². The number of rotatable bonds is 4. The highest BCUT2D eigenvalue weighted by molar-refractivity contribution is 5.92. The van der Waals surface area contributed by atoms with Gasteiger partial charge in [-0.1, -0.05) is 6.07 Å². The highest BCUT2D eigenvalue weighted by atomic mass is 16.3. The molecule has 6 nitrogen and oxygen atoms in total. The number of nitrogens with zero attached hydrogens (tertiary/aromatic N) is 3. The lowest BCUT2D eigenvalue weighted by Gasteiger charge is -2.33. The molecule has 24 heavy (non-hydrogen) atoms. The van der Waals surface area contributed by atoms with Crippen LogP contribution in [0, 0.1) is 12.8 Å². The normalized spacial score (nSPS) is 17.6. The Morgan fingerprint density at radius 2 is 2.25 bits per heavy atom. The van der Waals surface area contributed by atoms with Crippen LogP contribution in [0.1, 0.15) is 24.0 Å². The van der Waals surface area contributed by atoms with Gasteiger partial charge in [0.2, 0.25) is 5.91 Å². The third-order valence-corrected chi connectivity index (χ3v) is 4.27. The van der Waals surface area contributed by atoms with Crippen molar-refractivity contribution in [3.63, 3.8) is 0 Å². The summed E-state index contributed by atoms with van der Waals surface area (Å²) in [6.45, 7) is 3.45. The highest BCUT2D eigenvalue weighted by Crippen LogP contribution is 2.23. The number of piperidine rings is 1. The van der Waals surface area contributed by atoms with Crippen molar-refractivity contribution in [2.75, 3.05) is 23.3 Å². The molecule has 2 N–H and O–H groups in total. The zero-order valence-corrected chi connectivity index (χ0v) is 13.8. The topological polar surface area (TPSA) is 78.4 Å². The Labute approximate surface area is 141 Å². The van der Waals surface area contributed by atoms with Gasteiger partial charge in [-0.3, -0.25) is 4.79 Å². The molecule has 0 bridgehead atoms. The van der Waals surface area contributed by atoms with Gasteiger partial charge in [0, 0.05) is 25.5 Å². The van der Waals surface area contributed by atoms with Gasteiger partial charge >= 0.3 is 0 Å². The molecule has 1 fully saturated rings. The molecule has 0 saturated carbocycles. The number of carbonyl (C=O) groups is 1. The van der Waals surface area contributed by atoms with Gasteiger partial charge in [-0.2, -0.15) is 0 Å². The van der Waals surface area contributed by atoms with E-state index in [1.807, 2.05) is 25.1 Å². The summed E-state index contributed by atoms with van der Waals surface area (Å²) in [5.41, 5.74) is 1.89. The molecule has 1 unspecified atom stereocenters. The molecule has 0 aromatic carbocycles. The number of aliphatic hydroxyl groups excluding tert-OH is 1. The summed E-state index contributed by atoms with van der Waals surface area (Å²) in [5.74, 6) is 1.30. The molecule has 1 saturated heterocycles. The Bertz CT molecular complexity index is 702. The van der Waals surface area contributed by atoms with Crippen LogP contribution in [0.2, 0.25) is 0 Å². The Balaban J connectivity index is 1.66. The molecular weight excluding hydrogens is 304 g/mol. The monoisotopic (exact) mass is 326 g/mol. The fourth-order valence-corrected chi connectivity index (χ4v) is 2.90. The minimum absolute atomic E-state index is 0.00522. The molecule has 3 rings (SSSR count). The zero-order chi connectivity index (χ0) is 16.9. The van der Waals surface area contributed by atoms with E-state index in [1.54, 1.807) is 18.5 Å². The van der Waals surface area contributed by atoms with Crippen LogP contribution in [0.5, 0.6) is 0 Å². The lowest BCUT2D eigenvalue weighted by atomic mass is 9.97. The van der Waals surface area contributed by atoms with Gasteiger partial charge in [0.25, 0.3) is 0 Å². The lowest BCUT2D eigenvalue weighted by Crippen LogP contribution is -2.41. The van der Waals surface area contributed by atoms with Gasteiger partial charge in [0.05, 0.1) is 12.5 Å². The number of anilines is 2. The van der Waals surface area contributed by atoms with Crippen LogP contribution in [-0.4, -0.2) is 34.1 Å². The molecule has 0 radical (unpaired) electrons. The minimum Gasteiger partial charge on any atom is -0.392 e. The van der Waals surface area contributed by atoms with Gasteiger partial charge in [0.15, 0.2) is 0 Å². The van der Waals surface area contributed by atoms with Gasteiger partial charge < -0.3 is 15.3 Å². The van der Waals surface area contributed by atoms with Crippen LogP contribution in [-0.2, 0) is 11.4 Å². The van der Waals surface area contributed by atoms with E-state index < -0.39 is 0 Å². The van der Waals surface area contributed by atoms with E-state index in [-0.39, 0.29) is 18.4 Å². The van der Waals surface area contributed by atoms with Gasteiger partial charge in [0.1, 0.15) is 11.6 Å². The molecule has 0 aliphatic carbocycles. The summed E-state index contributed by atoms with van der Waals surface area (Å²) in [6, 6.07) is 7.42. The summed E-state index contributed by atoms with van der Waals surface area (Å²) in [6.07, 6.45) is 5.23. The van der Waals surface area contributed by atoms with E-state index in [0.29, 0.717) is 12.4 Å². The first-order valence-corrected chi connectivity index (χ1v) is 8.20. The summed E-state index contributed by atoms with van der Waals surface area (Å²) in [7, 11) is 0. The van der Waals surface area contributed by atoms with Crippen molar-refractivity contribution in [2.45, 2.75) is 26.4 Å². The van der Waals surface area contributed by atoms with Crippen molar-refractivity contribution in [1.82, 2.24) is 9.97 Å². The van der Waals surface area contributed by atoms with E-state index in [1.165, 1.54) is 0 Å². The van der Waals surface area contributed by atoms with Crippen molar-refractivity contribution in [1.29, 1.82) is 0 Å². The quantitative estimate of drug-likeness (QED) is 0.900. The largest absolute Gasteiger partial charge is 0.392 e. The maximum Gasteiger partial charge on any atom is 0.230 e. The van der Waals surface area contributed by atoms with Crippen LogP contribution >= 0.6 is 0 Å². The number of aliphatic hydroxyl groups is 1. The van der Waals surface area contributed by atoms with Crippen molar-refractivity contribution >= 4 is 17.5 Å². The Morgan fingerprint density at radius 3 is 3.00 bits per heavy atom. The number of amides is 1. The molecule has 2 aromatic rings. The van der Waals surface area contributed by atoms with E-state index in [4.69, 9.17) is 0 Å². The van der Waals surface area contributed by atoms with Crippen LogP contribution in [0.25, 0.3) is 0 Å². The second-order valence-electron chi connectivity index (χ2n) is 6.18. The van der Waals surface area contributed by atoms with Crippen molar-refractivity contribution in [2.24, 2.45) is 5.92 Å². The second-order valence-corrected chi connectivity index (χ2v) is 6.18. The zero-order valence-electron chi connectivity index (χ0n) is 13.8. The molecule has 1 aliphatic heterocycles. The Hall–Kier alpha value is -2.47. The second kappa shape index (κ2) is 7.40. The molecule has 126 valence electrons. The smallest absolute Gasteiger partial charge is 0.230 e. The van der Waals surface area contributed by atoms with Crippen LogP contribution in [0.4, 0.5) is 11.6 Å². The number of nitrogens with one attached hydrogen (secondary N) is 1. The molecule has 1 amide bonds. The highest BCUT2D eigenvalue weighted by Gasteiger charge is 2.26. The maximum atomic E-state index is 12.5. The molecule has 0 spiro atoms. The summed E-state index contributed by atoms with van der Waals surface area (Å²) >= 11 is 0. The fourth-order valence-electron chi connectivity index (χ4n) is 2.90. The predicted octanol–water partition coefficient (Wildman–Crippen LogP) is 2.13. The van der Waals surface area contributed by atoms with Gasteiger partial charge in [-0.05, 0) is 49.1 Å². The molecule has 1 aliphatic rings. The van der Waals surface area contributed by atoms with Gasteiger partial charge in [-0.15, -0.1) is 0 Å². The standard InChI is InChI=1S/C18H22N4O2/c1-13-4-5-16(20-10-13)21-18(24)15-3-2-8-22(11-15)17-9-14(12-23)6-7-19-17/h4-7,9-10,15,23H,2-3,8,11-12H2,1H3,(H,20,21,24). The average molecular weight is 326 g/mol. The molecule has 6 heteroatoms. The SMILES string of the molecule is Cc1ccc(NC(=O)C2CCCN(c3cc(CO)ccn3)C2)nc1. The number of hydrogen-bond acceptors (Lipinski definition) is 5. The number of aryl methyl sites for hydroxylation is 1. The van der Waals surface area contributed by atoms with Crippen molar-refractivity contribution < 1.29 is 9.90 Å². The first kappa shape index (κ1) is 16.4. The summed E-state index contributed by atoms with van der Waals surface area (Å²) in [5, 5.41) is 12.2. The van der Waals surface area contributed by atoms with Gasteiger partial charge in [-0.25, -0.2) is 9.97 Å². The van der Waals surface area contributed by atoms with E-state index >= 15 is 0 Å². The number of aromatic nitrogens is 2. The number of carbonyl (C=O) groups excluding carboxylic acids is 1. The lowest BCUT2D eigenvalue weighted by molar-refractivity contribution is -0.120. The predicted molar refractivity (Wildman–Crippen MR) is 92.7 cm³/mol. The van der Waals surface area contributed by atoms with E-state index in [2.05, 4.69) is 20.2 Å². The van der Waals surface area contributed by atoms with E-state index in [9.17, 15) is 9.90 Å². The maximum absolute atomic E-state index is 12.5. The Morgan fingerprint density at radius 1 is 1.38 bits per heavy atom. The Kier molecular flexibility index (Phi) is 5.05. The number of pyridine rings is 2. The first-order valence-electron chi connectivity index (χ1n) is 8.20. The van der Waals surface area contributed by atoms with Crippen molar-refractivity contribution in [3.05, 3.63) is 47.8 Å².